The number of hydrogen-bond donors (Lipinski definition) is 1. The van der Waals surface area contributed by atoms with Crippen LogP contribution < -0.4 is 5.32 Å². The number of piperidine rings is 1. The second-order valence-corrected chi connectivity index (χ2v) is 6.39. The first-order valence-electron chi connectivity index (χ1n) is 7.75. The molecule has 1 N–H and O–H groups in total. The zero-order chi connectivity index (χ0) is 18.6. The molecule has 4 nitrogen and oxygen atoms in total. The molecular weight excluding hydrogens is 355 g/mol. The van der Waals surface area contributed by atoms with E-state index < -0.39 is 22.7 Å². The van der Waals surface area contributed by atoms with Crippen LogP contribution in [0.1, 0.15) is 25.3 Å². The highest BCUT2D eigenvalue weighted by atomic mass is 35.5. The predicted octanol–water partition coefficient (Wildman–Crippen LogP) is 4.44. The number of likely N-dealkylation sites (tertiary alicyclic amines) is 1. The molecule has 1 saturated heterocycles. The molecule has 0 radical (unpaired) electrons. The molecule has 1 fully saturated rings. The van der Waals surface area contributed by atoms with E-state index in [2.05, 4.69) is 12.2 Å². The molecule has 1 aliphatic heterocycles. The molecule has 0 aromatic heterocycles. The maximum atomic E-state index is 12.9. The Labute approximate surface area is 148 Å². The van der Waals surface area contributed by atoms with E-state index in [1.165, 1.54) is 6.07 Å². The van der Waals surface area contributed by atoms with Gasteiger partial charge in [-0.05, 0) is 37.0 Å². The van der Waals surface area contributed by atoms with Crippen molar-refractivity contribution in [1.29, 1.82) is 5.26 Å². The van der Waals surface area contributed by atoms with Crippen molar-refractivity contribution in [1.82, 2.24) is 4.90 Å². The zero-order valence-corrected chi connectivity index (χ0v) is 14.3. The van der Waals surface area contributed by atoms with Crippen molar-refractivity contribution in [2.45, 2.75) is 25.9 Å². The summed E-state index contributed by atoms with van der Waals surface area (Å²) < 4.78 is 38.6. The molecule has 8 heteroatoms. The number of nitrogens with zero attached hydrogens (tertiary/aromatic N) is 2. The minimum atomic E-state index is -4.59. The molecular formula is C17H17ClF3N3O. The maximum Gasteiger partial charge on any atom is 0.417 e. The Hall–Kier alpha value is -2.20. The fraction of sp³-hybridized carbons (Fsp3) is 0.412. The summed E-state index contributed by atoms with van der Waals surface area (Å²) in [4.78, 5) is 13.9. The summed E-state index contributed by atoms with van der Waals surface area (Å²) in [6, 6.07) is 5.09. The van der Waals surface area contributed by atoms with Gasteiger partial charge in [0, 0.05) is 25.0 Å². The number of amides is 1. The fourth-order valence-electron chi connectivity index (χ4n) is 2.51. The van der Waals surface area contributed by atoms with Gasteiger partial charge in [0.1, 0.15) is 11.6 Å². The van der Waals surface area contributed by atoms with Crippen LogP contribution in [0.25, 0.3) is 0 Å². The number of nitriles is 1. The van der Waals surface area contributed by atoms with Gasteiger partial charge in [0.15, 0.2) is 0 Å². The third kappa shape index (κ3) is 4.89. The highest BCUT2D eigenvalue weighted by Crippen LogP contribution is 2.36. The van der Waals surface area contributed by atoms with E-state index in [0.717, 1.165) is 31.2 Å². The average Bonchev–Trinajstić information content (AvgIpc) is 2.56. The Morgan fingerprint density at radius 3 is 2.60 bits per heavy atom. The van der Waals surface area contributed by atoms with Crippen LogP contribution in [-0.4, -0.2) is 23.9 Å². The van der Waals surface area contributed by atoms with Crippen LogP contribution in [-0.2, 0) is 11.0 Å². The van der Waals surface area contributed by atoms with E-state index in [-0.39, 0.29) is 11.3 Å². The minimum Gasteiger partial charge on any atom is -0.360 e. The lowest BCUT2D eigenvalue weighted by atomic mass is 9.99. The summed E-state index contributed by atoms with van der Waals surface area (Å²) in [6.07, 6.45) is -1.73. The molecule has 0 unspecified atom stereocenters. The Morgan fingerprint density at radius 1 is 1.40 bits per heavy atom. The summed E-state index contributed by atoms with van der Waals surface area (Å²) in [5.74, 6) is 0.110. The molecule has 0 aliphatic carbocycles. The quantitative estimate of drug-likeness (QED) is 0.631. The van der Waals surface area contributed by atoms with Gasteiger partial charge in [0.25, 0.3) is 5.91 Å². The number of alkyl halides is 3. The summed E-state index contributed by atoms with van der Waals surface area (Å²) in [6.45, 7) is 3.24. The zero-order valence-electron chi connectivity index (χ0n) is 13.5. The molecule has 0 saturated carbocycles. The Morgan fingerprint density at radius 2 is 2.04 bits per heavy atom. The van der Waals surface area contributed by atoms with Crippen molar-refractivity contribution >= 4 is 23.2 Å². The second-order valence-electron chi connectivity index (χ2n) is 5.98. The van der Waals surface area contributed by atoms with Gasteiger partial charge in [0.2, 0.25) is 0 Å². The van der Waals surface area contributed by atoms with Crippen LogP contribution >= 0.6 is 11.6 Å². The number of carbonyl (C=O) groups is 1. The topological polar surface area (TPSA) is 56.1 Å². The van der Waals surface area contributed by atoms with Crippen LogP contribution in [0.5, 0.6) is 0 Å². The van der Waals surface area contributed by atoms with Gasteiger partial charge in [0.05, 0.1) is 10.6 Å². The van der Waals surface area contributed by atoms with Crippen molar-refractivity contribution in [3.8, 4) is 6.07 Å². The van der Waals surface area contributed by atoms with E-state index in [0.29, 0.717) is 19.0 Å². The standard InChI is InChI=1S/C17H17ClF3N3O/c1-11-4-6-24(7-5-11)16(25)12(9-22)10-23-13-2-3-15(18)14(8-13)17(19,20)21/h2-3,8,10-11,23H,4-7H2,1H3/b12-10-. The Bertz CT molecular complexity index is 717. The lowest BCUT2D eigenvalue weighted by molar-refractivity contribution is -0.137. The van der Waals surface area contributed by atoms with E-state index in [1.807, 2.05) is 0 Å². The van der Waals surface area contributed by atoms with Gasteiger partial charge in [-0.25, -0.2) is 0 Å². The Kier molecular flexibility index (Phi) is 5.96. The normalized spacial score (nSPS) is 16.5. The number of carbonyl (C=O) groups excluding carboxylic acids is 1. The number of anilines is 1. The van der Waals surface area contributed by atoms with Gasteiger partial charge in [-0.15, -0.1) is 0 Å². The van der Waals surface area contributed by atoms with Crippen molar-refractivity contribution in [2.75, 3.05) is 18.4 Å². The molecule has 134 valence electrons. The molecule has 1 aromatic rings. The predicted molar refractivity (Wildman–Crippen MR) is 88.8 cm³/mol. The van der Waals surface area contributed by atoms with Gasteiger partial charge < -0.3 is 10.2 Å². The monoisotopic (exact) mass is 371 g/mol. The summed E-state index contributed by atoms with van der Waals surface area (Å²) in [7, 11) is 0. The molecule has 0 atom stereocenters. The highest BCUT2D eigenvalue weighted by molar-refractivity contribution is 6.31. The lowest BCUT2D eigenvalue weighted by Crippen LogP contribution is -2.38. The molecule has 1 amide bonds. The lowest BCUT2D eigenvalue weighted by Gasteiger charge is -2.30. The van der Waals surface area contributed by atoms with Gasteiger partial charge in [-0.3, -0.25) is 4.79 Å². The van der Waals surface area contributed by atoms with Gasteiger partial charge >= 0.3 is 6.18 Å². The number of benzene rings is 1. The molecule has 1 aliphatic rings. The van der Waals surface area contributed by atoms with E-state index in [9.17, 15) is 23.2 Å². The van der Waals surface area contributed by atoms with Gasteiger partial charge in [-0.1, -0.05) is 18.5 Å². The number of rotatable bonds is 3. The van der Waals surface area contributed by atoms with Crippen LogP contribution in [0.3, 0.4) is 0 Å². The molecule has 0 spiro atoms. The van der Waals surface area contributed by atoms with Crippen LogP contribution in [0.2, 0.25) is 5.02 Å². The van der Waals surface area contributed by atoms with E-state index in [4.69, 9.17) is 11.6 Å². The van der Waals surface area contributed by atoms with E-state index in [1.54, 1.807) is 11.0 Å². The smallest absolute Gasteiger partial charge is 0.360 e. The maximum absolute atomic E-state index is 12.9. The van der Waals surface area contributed by atoms with Crippen molar-refractivity contribution in [3.05, 3.63) is 40.6 Å². The molecule has 25 heavy (non-hydrogen) atoms. The largest absolute Gasteiger partial charge is 0.417 e. The summed E-state index contributed by atoms with van der Waals surface area (Å²) in [5, 5.41) is 11.3. The number of nitrogens with one attached hydrogen (secondary N) is 1. The highest BCUT2D eigenvalue weighted by Gasteiger charge is 2.33. The third-order valence-corrected chi connectivity index (χ3v) is 4.41. The molecule has 1 aromatic carbocycles. The van der Waals surface area contributed by atoms with Gasteiger partial charge in [-0.2, -0.15) is 18.4 Å². The molecule has 2 rings (SSSR count). The van der Waals surface area contributed by atoms with Crippen LogP contribution in [0.15, 0.2) is 30.0 Å². The van der Waals surface area contributed by atoms with Crippen LogP contribution in [0, 0.1) is 17.2 Å². The van der Waals surface area contributed by atoms with E-state index >= 15 is 0 Å². The molecule has 1 heterocycles. The van der Waals surface area contributed by atoms with Crippen molar-refractivity contribution in [3.63, 3.8) is 0 Å². The summed E-state index contributed by atoms with van der Waals surface area (Å²) in [5.41, 5.74) is -1.05. The summed E-state index contributed by atoms with van der Waals surface area (Å²) >= 11 is 5.56. The number of halogens is 4. The fourth-order valence-corrected chi connectivity index (χ4v) is 2.74. The number of hydrogen-bond acceptors (Lipinski definition) is 3. The molecule has 0 bridgehead atoms. The SMILES string of the molecule is CC1CCN(C(=O)/C(C#N)=C\Nc2ccc(Cl)c(C(F)(F)F)c2)CC1. The Balaban J connectivity index is 2.13. The minimum absolute atomic E-state index is 0.0875. The van der Waals surface area contributed by atoms with Crippen LogP contribution in [0.4, 0.5) is 18.9 Å². The first-order valence-corrected chi connectivity index (χ1v) is 8.13. The van der Waals surface area contributed by atoms with Crippen molar-refractivity contribution < 1.29 is 18.0 Å². The second kappa shape index (κ2) is 7.79. The average molecular weight is 372 g/mol. The first kappa shape index (κ1) is 19.1. The van der Waals surface area contributed by atoms with Crippen molar-refractivity contribution in [2.24, 2.45) is 5.92 Å². The first-order chi connectivity index (χ1) is 11.7. The third-order valence-electron chi connectivity index (χ3n) is 4.08.